The molecule has 4 nitrogen and oxygen atoms in total. The maximum Gasteiger partial charge on any atom is 0.224 e. The molecule has 0 aliphatic rings. The van der Waals surface area contributed by atoms with Gasteiger partial charge in [0.15, 0.2) is 0 Å². The molecule has 0 saturated carbocycles. The Hall–Kier alpha value is -2.40. The Balaban J connectivity index is 1.93. The van der Waals surface area contributed by atoms with E-state index in [4.69, 9.17) is 5.11 Å². The van der Waals surface area contributed by atoms with Crippen molar-refractivity contribution in [2.75, 3.05) is 0 Å². The highest BCUT2D eigenvalue weighted by atomic mass is 19.1. The molecule has 0 radical (unpaired) electrons. The molecular weight excluding hydrogens is 285 g/mol. The summed E-state index contributed by atoms with van der Waals surface area (Å²) in [4.78, 5) is 11.9. The zero-order valence-corrected chi connectivity index (χ0v) is 12.3. The van der Waals surface area contributed by atoms with Gasteiger partial charge in [-0.2, -0.15) is 0 Å². The number of hydrogen-bond donors (Lipinski definition) is 3. The average Bonchev–Trinajstić information content (AvgIpc) is 2.50. The van der Waals surface area contributed by atoms with Gasteiger partial charge in [-0.3, -0.25) is 4.79 Å². The van der Waals surface area contributed by atoms with Gasteiger partial charge in [0.25, 0.3) is 0 Å². The number of carbonyl (C=O) groups excluding carboxylic acids is 1. The quantitative estimate of drug-likeness (QED) is 0.793. The van der Waals surface area contributed by atoms with Crippen LogP contribution in [0.4, 0.5) is 4.39 Å². The van der Waals surface area contributed by atoms with Gasteiger partial charge in [0.05, 0.1) is 13.0 Å². The van der Waals surface area contributed by atoms with Crippen LogP contribution < -0.4 is 5.32 Å². The third-order valence-corrected chi connectivity index (χ3v) is 3.41. The summed E-state index contributed by atoms with van der Waals surface area (Å²) in [5.74, 6) is -0.498. The number of amides is 1. The van der Waals surface area contributed by atoms with Gasteiger partial charge in [-0.1, -0.05) is 18.2 Å². The number of carbonyl (C=O) groups is 1. The first-order chi connectivity index (χ1) is 10.5. The summed E-state index contributed by atoms with van der Waals surface area (Å²) in [5.41, 5.74) is 2.39. The van der Waals surface area contributed by atoms with Crippen molar-refractivity contribution in [3.05, 3.63) is 64.5 Å². The minimum Gasteiger partial charge on any atom is -0.508 e. The van der Waals surface area contributed by atoms with Crippen LogP contribution >= 0.6 is 0 Å². The summed E-state index contributed by atoms with van der Waals surface area (Å²) in [6.07, 6.45) is 0.155. The van der Waals surface area contributed by atoms with Crippen molar-refractivity contribution in [1.29, 1.82) is 0 Å². The summed E-state index contributed by atoms with van der Waals surface area (Å²) < 4.78 is 13.3. The molecule has 0 aliphatic heterocycles. The van der Waals surface area contributed by atoms with Crippen molar-refractivity contribution in [1.82, 2.24) is 5.32 Å². The molecule has 5 heteroatoms. The standard InChI is InChI=1S/C17H18FNO3/c1-11-2-3-12(7-16(11)21)8-17(22)19-9-13-4-5-15(18)14(6-13)10-20/h2-7,20-21H,8-10H2,1H3,(H,19,22). The normalized spacial score (nSPS) is 10.5. The summed E-state index contributed by atoms with van der Waals surface area (Å²) >= 11 is 0. The molecule has 0 atom stereocenters. The molecule has 2 rings (SSSR count). The van der Waals surface area contributed by atoms with E-state index in [1.165, 1.54) is 12.1 Å². The maximum absolute atomic E-state index is 13.3. The maximum atomic E-state index is 13.3. The van der Waals surface area contributed by atoms with Crippen LogP contribution in [-0.2, 0) is 24.4 Å². The molecule has 0 fully saturated rings. The molecule has 1 amide bonds. The van der Waals surface area contributed by atoms with Crippen molar-refractivity contribution in [3.63, 3.8) is 0 Å². The van der Waals surface area contributed by atoms with Crippen LogP contribution in [0, 0.1) is 12.7 Å². The number of phenols is 1. The van der Waals surface area contributed by atoms with Crippen LogP contribution in [0.5, 0.6) is 5.75 Å². The van der Waals surface area contributed by atoms with E-state index in [1.54, 1.807) is 31.2 Å². The van der Waals surface area contributed by atoms with E-state index in [0.29, 0.717) is 5.56 Å². The minimum atomic E-state index is -0.465. The van der Waals surface area contributed by atoms with Gasteiger partial charge in [0, 0.05) is 12.1 Å². The van der Waals surface area contributed by atoms with Crippen LogP contribution in [0.25, 0.3) is 0 Å². The highest BCUT2D eigenvalue weighted by molar-refractivity contribution is 5.78. The van der Waals surface area contributed by atoms with Gasteiger partial charge in [-0.25, -0.2) is 4.39 Å². The zero-order chi connectivity index (χ0) is 16.1. The first kappa shape index (κ1) is 16.0. The lowest BCUT2D eigenvalue weighted by Crippen LogP contribution is -2.24. The summed E-state index contributed by atoms with van der Waals surface area (Å²) in [5, 5.41) is 21.4. The van der Waals surface area contributed by atoms with Gasteiger partial charge < -0.3 is 15.5 Å². The Labute approximate surface area is 128 Å². The topological polar surface area (TPSA) is 69.6 Å². The van der Waals surface area contributed by atoms with Crippen LogP contribution in [-0.4, -0.2) is 16.1 Å². The van der Waals surface area contributed by atoms with Gasteiger partial charge in [0.2, 0.25) is 5.91 Å². The molecule has 116 valence electrons. The molecular formula is C17H18FNO3. The Bertz CT molecular complexity index is 686. The molecule has 0 unspecified atom stereocenters. The number of aryl methyl sites for hydroxylation is 1. The molecule has 0 aromatic heterocycles. The van der Waals surface area contributed by atoms with Crippen LogP contribution in [0.2, 0.25) is 0 Å². The highest BCUT2D eigenvalue weighted by Crippen LogP contribution is 2.17. The highest BCUT2D eigenvalue weighted by Gasteiger charge is 2.07. The number of rotatable bonds is 5. The van der Waals surface area contributed by atoms with E-state index in [9.17, 15) is 14.3 Å². The third kappa shape index (κ3) is 4.05. The molecule has 2 aromatic carbocycles. The molecule has 0 aliphatic carbocycles. The van der Waals surface area contributed by atoms with E-state index in [0.717, 1.165) is 11.1 Å². The third-order valence-electron chi connectivity index (χ3n) is 3.41. The van der Waals surface area contributed by atoms with Crippen LogP contribution in [0.1, 0.15) is 22.3 Å². The number of hydrogen-bond acceptors (Lipinski definition) is 3. The molecule has 2 aromatic rings. The lowest BCUT2D eigenvalue weighted by atomic mass is 10.1. The summed E-state index contributed by atoms with van der Waals surface area (Å²) in [6.45, 7) is 1.66. The predicted octanol–water partition coefficient (Wildman–Crippen LogP) is 2.19. The van der Waals surface area contributed by atoms with Crippen LogP contribution in [0.3, 0.4) is 0 Å². The smallest absolute Gasteiger partial charge is 0.224 e. The Kier molecular flexibility index (Phi) is 5.12. The molecule has 0 saturated heterocycles. The van der Waals surface area contributed by atoms with Crippen molar-refractivity contribution < 1.29 is 19.4 Å². The first-order valence-electron chi connectivity index (χ1n) is 6.93. The van der Waals surface area contributed by atoms with Gasteiger partial charge in [0.1, 0.15) is 11.6 Å². The fourth-order valence-corrected chi connectivity index (χ4v) is 2.07. The van der Waals surface area contributed by atoms with E-state index >= 15 is 0 Å². The number of aliphatic hydroxyl groups is 1. The second-order valence-corrected chi connectivity index (χ2v) is 5.16. The SMILES string of the molecule is Cc1ccc(CC(=O)NCc2ccc(F)c(CO)c2)cc1O. The summed E-state index contributed by atoms with van der Waals surface area (Å²) in [7, 11) is 0. The number of aliphatic hydroxyl groups excluding tert-OH is 1. The van der Waals surface area contributed by atoms with Crippen molar-refractivity contribution in [2.45, 2.75) is 26.5 Å². The predicted molar refractivity (Wildman–Crippen MR) is 80.7 cm³/mol. The first-order valence-corrected chi connectivity index (χ1v) is 6.93. The number of aromatic hydroxyl groups is 1. The molecule has 0 spiro atoms. The lowest BCUT2D eigenvalue weighted by molar-refractivity contribution is -0.120. The number of phenolic OH excluding ortho intramolecular Hbond substituents is 1. The molecule has 0 heterocycles. The van der Waals surface area contributed by atoms with E-state index < -0.39 is 5.82 Å². The average molecular weight is 303 g/mol. The Morgan fingerprint density at radius 2 is 1.91 bits per heavy atom. The number of benzene rings is 2. The van der Waals surface area contributed by atoms with Crippen molar-refractivity contribution >= 4 is 5.91 Å². The number of nitrogens with one attached hydrogen (secondary N) is 1. The Morgan fingerprint density at radius 3 is 2.59 bits per heavy atom. The van der Waals surface area contributed by atoms with Gasteiger partial charge >= 0.3 is 0 Å². The minimum absolute atomic E-state index is 0.155. The molecule has 3 N–H and O–H groups in total. The Morgan fingerprint density at radius 1 is 1.18 bits per heavy atom. The second kappa shape index (κ2) is 7.04. The van der Waals surface area contributed by atoms with E-state index in [1.807, 2.05) is 0 Å². The fourth-order valence-electron chi connectivity index (χ4n) is 2.07. The zero-order valence-electron chi connectivity index (χ0n) is 12.3. The largest absolute Gasteiger partial charge is 0.508 e. The lowest BCUT2D eigenvalue weighted by Gasteiger charge is -2.08. The molecule has 0 bridgehead atoms. The van der Waals surface area contributed by atoms with Crippen molar-refractivity contribution in [3.8, 4) is 5.75 Å². The van der Waals surface area contributed by atoms with Crippen molar-refractivity contribution in [2.24, 2.45) is 0 Å². The summed E-state index contributed by atoms with van der Waals surface area (Å²) in [6, 6.07) is 9.46. The van der Waals surface area contributed by atoms with Gasteiger partial charge in [-0.15, -0.1) is 0 Å². The van der Waals surface area contributed by atoms with Gasteiger partial charge in [-0.05, 0) is 41.8 Å². The van der Waals surface area contributed by atoms with E-state index in [-0.39, 0.29) is 36.8 Å². The van der Waals surface area contributed by atoms with E-state index in [2.05, 4.69) is 5.32 Å². The molecule has 22 heavy (non-hydrogen) atoms. The number of halogens is 1. The monoisotopic (exact) mass is 303 g/mol. The fraction of sp³-hybridized carbons (Fsp3) is 0.235. The second-order valence-electron chi connectivity index (χ2n) is 5.16. The van der Waals surface area contributed by atoms with Crippen LogP contribution in [0.15, 0.2) is 36.4 Å².